The van der Waals surface area contributed by atoms with E-state index in [1.54, 1.807) is 25.3 Å². The fourth-order valence-electron chi connectivity index (χ4n) is 1.82. The first kappa shape index (κ1) is 13.5. The molecule has 6 nitrogen and oxygen atoms in total. The van der Waals surface area contributed by atoms with E-state index in [1.165, 1.54) is 0 Å². The van der Waals surface area contributed by atoms with Gasteiger partial charge in [-0.2, -0.15) is 0 Å². The largest absolute Gasteiger partial charge is 0.478 e. The summed E-state index contributed by atoms with van der Waals surface area (Å²) in [4.78, 5) is 15.3. The van der Waals surface area contributed by atoms with E-state index in [4.69, 9.17) is 14.6 Å². The molecule has 1 aromatic heterocycles. The summed E-state index contributed by atoms with van der Waals surface area (Å²) in [5.74, 6) is -0.195. The third-order valence-corrected chi connectivity index (χ3v) is 2.88. The Morgan fingerprint density at radius 1 is 1.42 bits per heavy atom. The third-order valence-electron chi connectivity index (χ3n) is 2.88. The summed E-state index contributed by atoms with van der Waals surface area (Å²) in [6.45, 7) is 1.41. The van der Waals surface area contributed by atoms with Crippen molar-refractivity contribution in [2.24, 2.45) is 7.05 Å². The molecule has 0 aliphatic carbocycles. The van der Waals surface area contributed by atoms with E-state index in [1.807, 2.05) is 11.6 Å². The predicted molar refractivity (Wildman–Crippen MR) is 69.2 cm³/mol. The highest BCUT2D eigenvalue weighted by Gasteiger charge is 2.10. The van der Waals surface area contributed by atoms with E-state index in [0.717, 1.165) is 11.3 Å². The first-order valence-corrected chi connectivity index (χ1v) is 5.89. The van der Waals surface area contributed by atoms with Gasteiger partial charge in [0.2, 0.25) is 0 Å². The van der Waals surface area contributed by atoms with Crippen LogP contribution in [-0.2, 0) is 23.1 Å². The molecule has 0 fully saturated rings. The van der Waals surface area contributed by atoms with Crippen LogP contribution >= 0.6 is 0 Å². The average molecular weight is 264 g/mol. The number of nitrogens with zero attached hydrogens (tertiary/aromatic N) is 2. The van der Waals surface area contributed by atoms with E-state index in [9.17, 15) is 4.79 Å². The number of imidazole rings is 1. The molecule has 0 radical (unpaired) electrons. The molecule has 2 rings (SSSR count). The Bertz CT molecular complexity index is 592. The SMILES string of the molecule is COCCOCc1nc2cc(C(=O)O)ccc2n1C. The molecule has 0 bridgehead atoms. The zero-order chi connectivity index (χ0) is 13.8. The summed E-state index contributed by atoms with van der Waals surface area (Å²) in [5.41, 5.74) is 1.78. The number of aryl methyl sites for hydroxylation is 1. The van der Waals surface area contributed by atoms with Crippen molar-refractivity contribution in [3.8, 4) is 0 Å². The molecule has 0 atom stereocenters. The Balaban J connectivity index is 2.21. The highest BCUT2D eigenvalue weighted by atomic mass is 16.5. The monoisotopic (exact) mass is 264 g/mol. The fourth-order valence-corrected chi connectivity index (χ4v) is 1.82. The zero-order valence-electron chi connectivity index (χ0n) is 10.9. The first-order valence-electron chi connectivity index (χ1n) is 5.89. The molecule has 19 heavy (non-hydrogen) atoms. The number of hydrogen-bond acceptors (Lipinski definition) is 4. The number of aromatic nitrogens is 2. The van der Waals surface area contributed by atoms with Crippen molar-refractivity contribution >= 4 is 17.0 Å². The quantitative estimate of drug-likeness (QED) is 0.799. The smallest absolute Gasteiger partial charge is 0.335 e. The lowest BCUT2D eigenvalue weighted by Gasteiger charge is -2.03. The molecular formula is C13H16N2O4. The summed E-state index contributed by atoms with van der Waals surface area (Å²) in [6, 6.07) is 4.89. The summed E-state index contributed by atoms with van der Waals surface area (Å²) in [6.07, 6.45) is 0. The maximum absolute atomic E-state index is 10.9. The second kappa shape index (κ2) is 5.81. The number of fused-ring (bicyclic) bond motifs is 1. The van der Waals surface area contributed by atoms with Gasteiger partial charge < -0.3 is 19.1 Å². The fraction of sp³-hybridized carbons (Fsp3) is 0.385. The van der Waals surface area contributed by atoms with E-state index in [0.29, 0.717) is 25.3 Å². The van der Waals surface area contributed by atoms with E-state index in [2.05, 4.69) is 4.98 Å². The van der Waals surface area contributed by atoms with Gasteiger partial charge in [-0.3, -0.25) is 0 Å². The van der Waals surface area contributed by atoms with E-state index < -0.39 is 5.97 Å². The topological polar surface area (TPSA) is 73.6 Å². The van der Waals surface area contributed by atoms with Gasteiger partial charge in [0.05, 0.1) is 29.8 Å². The normalized spacial score (nSPS) is 11.1. The third kappa shape index (κ3) is 2.91. The van der Waals surface area contributed by atoms with Crippen LogP contribution in [0.15, 0.2) is 18.2 Å². The number of carboxylic acid groups (broad SMARTS) is 1. The van der Waals surface area contributed by atoms with E-state index in [-0.39, 0.29) is 5.56 Å². The zero-order valence-corrected chi connectivity index (χ0v) is 10.9. The van der Waals surface area contributed by atoms with Crippen molar-refractivity contribution < 1.29 is 19.4 Å². The number of methoxy groups -OCH3 is 1. The van der Waals surface area contributed by atoms with Crippen LogP contribution in [0, 0.1) is 0 Å². The second-order valence-electron chi connectivity index (χ2n) is 4.14. The number of rotatable bonds is 6. The molecule has 0 saturated carbocycles. The summed E-state index contributed by atoms with van der Waals surface area (Å²) in [7, 11) is 3.50. The van der Waals surface area contributed by atoms with Crippen LogP contribution in [0.5, 0.6) is 0 Å². The Kier molecular flexibility index (Phi) is 4.13. The van der Waals surface area contributed by atoms with Crippen LogP contribution in [-0.4, -0.2) is 41.0 Å². The standard InChI is InChI=1S/C13H16N2O4/c1-15-11-4-3-9(13(16)17)7-10(11)14-12(15)8-19-6-5-18-2/h3-4,7H,5-6,8H2,1-2H3,(H,16,17). The molecule has 102 valence electrons. The number of benzene rings is 1. The molecule has 0 amide bonds. The van der Waals surface area contributed by atoms with Crippen molar-refractivity contribution in [3.05, 3.63) is 29.6 Å². The molecule has 0 spiro atoms. The Hall–Kier alpha value is -1.92. The maximum atomic E-state index is 10.9. The van der Waals surface area contributed by atoms with Gasteiger partial charge in [-0.25, -0.2) is 9.78 Å². The second-order valence-corrected chi connectivity index (χ2v) is 4.14. The summed E-state index contributed by atoms with van der Waals surface area (Å²) in [5, 5.41) is 8.95. The van der Waals surface area contributed by atoms with Gasteiger partial charge in [0, 0.05) is 14.2 Å². The minimum Gasteiger partial charge on any atom is -0.478 e. The Labute approximate surface area is 110 Å². The van der Waals surface area contributed by atoms with Crippen LogP contribution < -0.4 is 0 Å². The van der Waals surface area contributed by atoms with Gasteiger partial charge in [-0.05, 0) is 18.2 Å². The minimum absolute atomic E-state index is 0.234. The lowest BCUT2D eigenvalue weighted by molar-refractivity contribution is 0.0578. The maximum Gasteiger partial charge on any atom is 0.335 e. The van der Waals surface area contributed by atoms with E-state index >= 15 is 0 Å². The van der Waals surface area contributed by atoms with Gasteiger partial charge in [0.1, 0.15) is 12.4 Å². The van der Waals surface area contributed by atoms with Crippen LogP contribution in [0.2, 0.25) is 0 Å². The predicted octanol–water partition coefficient (Wildman–Crippen LogP) is 1.43. The summed E-state index contributed by atoms with van der Waals surface area (Å²) >= 11 is 0. The molecule has 0 saturated heterocycles. The van der Waals surface area contributed by atoms with Gasteiger partial charge in [0.15, 0.2) is 0 Å². The molecule has 2 aromatic rings. The molecule has 0 unspecified atom stereocenters. The lowest BCUT2D eigenvalue weighted by atomic mass is 10.2. The molecule has 1 aromatic carbocycles. The van der Waals surface area contributed by atoms with Gasteiger partial charge >= 0.3 is 5.97 Å². The molecule has 1 N–H and O–H groups in total. The van der Waals surface area contributed by atoms with Crippen molar-refractivity contribution in [2.75, 3.05) is 20.3 Å². The number of hydrogen-bond donors (Lipinski definition) is 1. The van der Waals surface area contributed by atoms with Crippen molar-refractivity contribution in [1.29, 1.82) is 0 Å². The Morgan fingerprint density at radius 2 is 2.21 bits per heavy atom. The van der Waals surface area contributed by atoms with Gasteiger partial charge in [0.25, 0.3) is 0 Å². The summed E-state index contributed by atoms with van der Waals surface area (Å²) < 4.78 is 12.2. The van der Waals surface area contributed by atoms with Crippen molar-refractivity contribution in [1.82, 2.24) is 9.55 Å². The molecule has 0 aliphatic heterocycles. The number of ether oxygens (including phenoxy) is 2. The Morgan fingerprint density at radius 3 is 2.89 bits per heavy atom. The average Bonchev–Trinajstić information content (AvgIpc) is 2.71. The van der Waals surface area contributed by atoms with Crippen LogP contribution in [0.3, 0.4) is 0 Å². The van der Waals surface area contributed by atoms with Crippen LogP contribution in [0.25, 0.3) is 11.0 Å². The molecule has 6 heteroatoms. The van der Waals surface area contributed by atoms with Crippen molar-refractivity contribution in [3.63, 3.8) is 0 Å². The molecule has 1 heterocycles. The van der Waals surface area contributed by atoms with Gasteiger partial charge in [-0.1, -0.05) is 0 Å². The molecule has 0 aliphatic rings. The van der Waals surface area contributed by atoms with Crippen molar-refractivity contribution in [2.45, 2.75) is 6.61 Å². The van der Waals surface area contributed by atoms with Crippen LogP contribution in [0.1, 0.15) is 16.2 Å². The highest BCUT2D eigenvalue weighted by Crippen LogP contribution is 2.17. The highest BCUT2D eigenvalue weighted by molar-refractivity contribution is 5.92. The number of aromatic carboxylic acids is 1. The molecular weight excluding hydrogens is 248 g/mol. The lowest BCUT2D eigenvalue weighted by Crippen LogP contribution is -2.05. The minimum atomic E-state index is -0.953. The first-order chi connectivity index (χ1) is 9.13. The van der Waals surface area contributed by atoms with Gasteiger partial charge in [-0.15, -0.1) is 0 Å². The number of carboxylic acids is 1. The van der Waals surface area contributed by atoms with Crippen LogP contribution in [0.4, 0.5) is 0 Å². The number of carbonyl (C=O) groups is 1.